The van der Waals surface area contributed by atoms with Crippen LogP contribution in [-0.2, 0) is 0 Å². The fraction of sp³-hybridized carbons (Fsp3) is 0.250. The summed E-state index contributed by atoms with van der Waals surface area (Å²) in [7, 11) is 0. The maximum Gasteiger partial charge on any atom is 0.251 e. The molecule has 4 aromatic rings. The fourth-order valence-electron chi connectivity index (χ4n) is 3.72. The molecule has 0 saturated carbocycles. The Kier molecular flexibility index (Phi) is 4.10. The van der Waals surface area contributed by atoms with Crippen LogP contribution in [-0.4, -0.2) is 32.7 Å². The van der Waals surface area contributed by atoms with Crippen molar-refractivity contribution in [3.05, 3.63) is 64.0 Å². The molecule has 0 atom stereocenters. The molecule has 1 fully saturated rings. The number of piperidine rings is 1. The first-order chi connectivity index (χ1) is 13.3. The second-order valence-electron chi connectivity index (χ2n) is 6.81. The predicted molar refractivity (Wildman–Crippen MR) is 107 cm³/mol. The van der Waals surface area contributed by atoms with Gasteiger partial charge in [0, 0.05) is 22.9 Å². The fourth-order valence-corrected chi connectivity index (χ4v) is 4.56. The van der Waals surface area contributed by atoms with E-state index in [0.717, 1.165) is 59.1 Å². The van der Waals surface area contributed by atoms with E-state index in [0.29, 0.717) is 5.92 Å². The van der Waals surface area contributed by atoms with Crippen LogP contribution in [0.1, 0.15) is 24.5 Å². The first-order valence-electron chi connectivity index (χ1n) is 9.12. The van der Waals surface area contributed by atoms with Crippen LogP contribution >= 0.6 is 11.3 Å². The minimum atomic E-state index is -0.0855. The number of nitrogens with one attached hydrogen (secondary N) is 2. The summed E-state index contributed by atoms with van der Waals surface area (Å²) in [5, 5.41) is 10.9. The van der Waals surface area contributed by atoms with Gasteiger partial charge in [-0.15, -0.1) is 11.3 Å². The van der Waals surface area contributed by atoms with Crippen molar-refractivity contribution in [2.24, 2.45) is 0 Å². The van der Waals surface area contributed by atoms with Crippen LogP contribution in [0.2, 0.25) is 0 Å². The van der Waals surface area contributed by atoms with E-state index in [1.54, 1.807) is 17.4 Å². The Bertz CT molecular complexity index is 1140. The molecular formula is C20H19N5OS. The van der Waals surface area contributed by atoms with E-state index >= 15 is 0 Å². The lowest BCUT2D eigenvalue weighted by atomic mass is 9.94. The number of hydrogen-bond acceptors (Lipinski definition) is 5. The first kappa shape index (κ1) is 16.4. The molecule has 7 heteroatoms. The summed E-state index contributed by atoms with van der Waals surface area (Å²) in [6.07, 6.45) is 3.84. The monoisotopic (exact) mass is 377 g/mol. The molecule has 0 unspecified atom stereocenters. The zero-order valence-electron chi connectivity index (χ0n) is 14.7. The van der Waals surface area contributed by atoms with E-state index < -0.39 is 0 Å². The van der Waals surface area contributed by atoms with Crippen molar-refractivity contribution in [3.8, 4) is 21.8 Å². The summed E-state index contributed by atoms with van der Waals surface area (Å²) in [6, 6.07) is 11.8. The van der Waals surface area contributed by atoms with Crippen molar-refractivity contribution in [1.29, 1.82) is 0 Å². The van der Waals surface area contributed by atoms with E-state index in [2.05, 4.69) is 15.4 Å². The number of nitrogens with zero attached hydrogens (tertiary/aromatic N) is 3. The van der Waals surface area contributed by atoms with Crippen LogP contribution in [0.3, 0.4) is 0 Å². The lowest BCUT2D eigenvalue weighted by molar-refractivity contribution is 0.446. The van der Waals surface area contributed by atoms with Gasteiger partial charge in [0.15, 0.2) is 0 Å². The molecule has 27 heavy (non-hydrogen) atoms. The molecule has 0 spiro atoms. The number of benzene rings is 1. The Morgan fingerprint density at radius 2 is 1.96 bits per heavy atom. The second-order valence-corrected chi connectivity index (χ2v) is 7.66. The third kappa shape index (κ3) is 2.98. The van der Waals surface area contributed by atoms with E-state index in [4.69, 9.17) is 4.98 Å². The number of fused-ring (bicyclic) bond motifs is 1. The van der Waals surface area contributed by atoms with Crippen molar-refractivity contribution in [2.75, 3.05) is 13.1 Å². The molecule has 1 aromatic carbocycles. The summed E-state index contributed by atoms with van der Waals surface area (Å²) >= 11 is 1.57. The largest absolute Gasteiger partial charge is 0.317 e. The standard InChI is InChI=1S/C20H19N5OS/c26-18-10-17(14-6-8-21-9-7-14)25-19(24-18)15(11-22-25)20-23-16(12-27-20)13-4-2-1-3-5-13/h1-5,10-12,14,21H,6-9H2,(H,24,26). The summed E-state index contributed by atoms with van der Waals surface area (Å²) in [5.41, 5.74) is 4.52. The maximum atomic E-state index is 12.3. The third-order valence-corrected chi connectivity index (χ3v) is 5.97. The molecule has 4 heterocycles. The Morgan fingerprint density at radius 1 is 1.15 bits per heavy atom. The SMILES string of the molecule is O=c1cc(C2CCNCC2)n2ncc(-c3nc(-c4ccccc4)cs3)c2[nH]1. The van der Waals surface area contributed by atoms with Crippen molar-refractivity contribution < 1.29 is 0 Å². The molecule has 0 radical (unpaired) electrons. The summed E-state index contributed by atoms with van der Waals surface area (Å²) in [4.78, 5) is 20.1. The first-order valence-corrected chi connectivity index (χ1v) is 10.0. The molecule has 1 aliphatic heterocycles. The third-order valence-electron chi connectivity index (χ3n) is 5.10. The van der Waals surface area contributed by atoms with Gasteiger partial charge in [0.05, 0.1) is 23.1 Å². The zero-order chi connectivity index (χ0) is 18.2. The normalized spacial score (nSPS) is 15.4. The minimum Gasteiger partial charge on any atom is -0.317 e. The van der Waals surface area contributed by atoms with E-state index in [1.807, 2.05) is 46.4 Å². The average molecular weight is 377 g/mol. The van der Waals surface area contributed by atoms with E-state index in [-0.39, 0.29) is 5.56 Å². The quantitative estimate of drug-likeness (QED) is 0.575. The lowest BCUT2D eigenvalue weighted by Crippen LogP contribution is -2.28. The van der Waals surface area contributed by atoms with Gasteiger partial charge in [0.2, 0.25) is 0 Å². The van der Waals surface area contributed by atoms with Crippen molar-refractivity contribution in [1.82, 2.24) is 24.9 Å². The van der Waals surface area contributed by atoms with Gasteiger partial charge < -0.3 is 10.3 Å². The van der Waals surface area contributed by atoms with E-state index in [9.17, 15) is 4.79 Å². The van der Waals surface area contributed by atoms with Crippen LogP contribution in [0.15, 0.2) is 52.8 Å². The zero-order valence-corrected chi connectivity index (χ0v) is 15.5. The Labute approximate surface area is 159 Å². The molecule has 2 N–H and O–H groups in total. The molecule has 0 bridgehead atoms. The average Bonchev–Trinajstić information content (AvgIpc) is 3.35. The number of aromatic amines is 1. The number of H-pyrrole nitrogens is 1. The molecular weight excluding hydrogens is 358 g/mol. The number of hydrogen-bond donors (Lipinski definition) is 2. The van der Waals surface area contributed by atoms with Gasteiger partial charge in [-0.3, -0.25) is 4.79 Å². The van der Waals surface area contributed by atoms with Crippen LogP contribution < -0.4 is 10.9 Å². The van der Waals surface area contributed by atoms with E-state index in [1.165, 1.54) is 0 Å². The van der Waals surface area contributed by atoms with Crippen LogP contribution in [0.4, 0.5) is 0 Å². The highest BCUT2D eigenvalue weighted by Gasteiger charge is 2.21. The summed E-state index contributed by atoms with van der Waals surface area (Å²) < 4.78 is 1.89. The number of thiazole rings is 1. The Morgan fingerprint density at radius 3 is 2.78 bits per heavy atom. The number of aromatic nitrogens is 4. The smallest absolute Gasteiger partial charge is 0.251 e. The van der Waals surface area contributed by atoms with Crippen LogP contribution in [0, 0.1) is 0 Å². The van der Waals surface area contributed by atoms with Gasteiger partial charge in [0.25, 0.3) is 5.56 Å². The molecule has 5 rings (SSSR count). The van der Waals surface area contributed by atoms with Crippen LogP contribution in [0.25, 0.3) is 27.5 Å². The molecule has 136 valence electrons. The molecule has 0 aliphatic carbocycles. The molecule has 1 aliphatic rings. The van der Waals surface area contributed by atoms with Gasteiger partial charge >= 0.3 is 0 Å². The topological polar surface area (TPSA) is 75.1 Å². The lowest BCUT2D eigenvalue weighted by Gasteiger charge is -2.23. The molecule has 0 amide bonds. The Balaban J connectivity index is 1.60. The molecule has 3 aromatic heterocycles. The maximum absolute atomic E-state index is 12.3. The van der Waals surface area contributed by atoms with Crippen LogP contribution in [0.5, 0.6) is 0 Å². The highest BCUT2D eigenvalue weighted by atomic mass is 32.1. The highest BCUT2D eigenvalue weighted by Crippen LogP contribution is 2.32. The van der Waals surface area contributed by atoms with Crippen molar-refractivity contribution in [2.45, 2.75) is 18.8 Å². The summed E-state index contributed by atoms with van der Waals surface area (Å²) in [5.74, 6) is 0.347. The number of rotatable bonds is 3. The van der Waals surface area contributed by atoms with Gasteiger partial charge in [-0.05, 0) is 25.9 Å². The molecule has 1 saturated heterocycles. The predicted octanol–water partition coefficient (Wildman–Crippen LogP) is 3.28. The highest BCUT2D eigenvalue weighted by molar-refractivity contribution is 7.13. The second kappa shape index (κ2) is 6.75. The van der Waals surface area contributed by atoms with Crippen molar-refractivity contribution in [3.63, 3.8) is 0 Å². The molecule has 6 nitrogen and oxygen atoms in total. The Hall–Kier alpha value is -2.77. The van der Waals surface area contributed by atoms with Crippen molar-refractivity contribution >= 4 is 17.0 Å². The van der Waals surface area contributed by atoms with Gasteiger partial charge in [0.1, 0.15) is 10.7 Å². The van der Waals surface area contributed by atoms with Gasteiger partial charge in [-0.2, -0.15) is 5.10 Å². The summed E-state index contributed by atoms with van der Waals surface area (Å²) in [6.45, 7) is 1.94. The minimum absolute atomic E-state index is 0.0855. The van der Waals surface area contributed by atoms with Gasteiger partial charge in [-0.1, -0.05) is 30.3 Å². The van der Waals surface area contributed by atoms with Gasteiger partial charge in [-0.25, -0.2) is 9.50 Å².